The molecule has 1 aromatic heterocycles. The fourth-order valence-electron chi connectivity index (χ4n) is 2.30. The van der Waals surface area contributed by atoms with Gasteiger partial charge in [-0.15, -0.1) is 0 Å². The summed E-state index contributed by atoms with van der Waals surface area (Å²) in [5.74, 6) is -0.496. The summed E-state index contributed by atoms with van der Waals surface area (Å²) in [6, 6.07) is -0.805. The van der Waals surface area contributed by atoms with Crippen molar-refractivity contribution in [1.29, 1.82) is 0 Å². The van der Waals surface area contributed by atoms with Crippen LogP contribution in [0.5, 0.6) is 0 Å². The Morgan fingerprint density at radius 1 is 1.39 bits per heavy atom. The molecule has 1 amide bonds. The second-order valence-electron chi connectivity index (χ2n) is 6.17. The molecule has 1 aromatic rings. The molecule has 0 aliphatic carbocycles. The van der Waals surface area contributed by atoms with Gasteiger partial charge in [-0.25, -0.2) is 19.6 Å². The number of carbonyl (C=O) groups is 2. The van der Waals surface area contributed by atoms with Gasteiger partial charge in [0, 0.05) is 12.0 Å². The van der Waals surface area contributed by atoms with E-state index < -0.39 is 23.7 Å². The first-order valence-corrected chi connectivity index (χ1v) is 7.75. The van der Waals surface area contributed by atoms with Crippen molar-refractivity contribution in [2.24, 2.45) is 0 Å². The van der Waals surface area contributed by atoms with Gasteiger partial charge in [-0.3, -0.25) is 4.90 Å². The summed E-state index contributed by atoms with van der Waals surface area (Å²) in [6.45, 7) is 7.35. The number of aromatic nitrogens is 2. The van der Waals surface area contributed by atoms with E-state index in [9.17, 15) is 9.59 Å². The van der Waals surface area contributed by atoms with Crippen LogP contribution in [0.15, 0.2) is 6.33 Å². The number of hydrogen-bond donors (Lipinski definition) is 0. The molecule has 1 aliphatic heterocycles. The lowest BCUT2D eigenvalue weighted by Gasteiger charge is -2.35. The zero-order valence-corrected chi connectivity index (χ0v) is 14.4. The second kappa shape index (κ2) is 6.70. The minimum absolute atomic E-state index is 0.121. The monoisotopic (exact) mass is 341 g/mol. The highest BCUT2D eigenvalue weighted by molar-refractivity contribution is 6.30. The average molecular weight is 342 g/mol. The highest BCUT2D eigenvalue weighted by Gasteiger charge is 2.39. The van der Waals surface area contributed by atoms with Crippen LogP contribution < -0.4 is 0 Å². The van der Waals surface area contributed by atoms with E-state index in [0.717, 1.165) is 0 Å². The van der Waals surface area contributed by atoms with E-state index in [1.165, 1.54) is 11.2 Å². The van der Waals surface area contributed by atoms with Gasteiger partial charge >= 0.3 is 12.1 Å². The number of halogens is 1. The van der Waals surface area contributed by atoms with Crippen LogP contribution in [0.2, 0.25) is 5.15 Å². The number of fused-ring (bicyclic) bond motifs is 1. The van der Waals surface area contributed by atoms with Crippen molar-refractivity contribution < 1.29 is 19.1 Å². The minimum Gasteiger partial charge on any atom is -0.464 e. The fraction of sp³-hybridized carbons (Fsp3) is 0.600. The average Bonchev–Trinajstić information content (AvgIpc) is 2.45. The van der Waals surface area contributed by atoms with Gasteiger partial charge in [-0.2, -0.15) is 0 Å². The molecule has 1 aliphatic rings. The predicted molar refractivity (Wildman–Crippen MR) is 82.9 cm³/mol. The Hall–Kier alpha value is -1.89. The predicted octanol–water partition coefficient (Wildman–Crippen LogP) is 2.35. The van der Waals surface area contributed by atoms with Crippen molar-refractivity contribution in [3.8, 4) is 0 Å². The molecule has 2 heterocycles. The Morgan fingerprint density at radius 2 is 2.09 bits per heavy atom. The summed E-state index contributed by atoms with van der Waals surface area (Å²) in [5.41, 5.74) is 0.600. The smallest absolute Gasteiger partial charge is 0.411 e. The lowest BCUT2D eigenvalue weighted by molar-refractivity contribution is -0.150. The van der Waals surface area contributed by atoms with Crippen LogP contribution in [0.3, 0.4) is 0 Å². The summed E-state index contributed by atoms with van der Waals surface area (Å²) in [4.78, 5) is 34.1. The maximum absolute atomic E-state index is 12.4. The van der Waals surface area contributed by atoms with E-state index >= 15 is 0 Å². The Bertz CT molecular complexity index is 615. The Kier molecular flexibility index (Phi) is 5.09. The summed E-state index contributed by atoms with van der Waals surface area (Å²) in [6.07, 6.45) is 0.947. The number of esters is 1. The third-order valence-corrected chi connectivity index (χ3v) is 3.59. The van der Waals surface area contributed by atoms with Gasteiger partial charge in [0.2, 0.25) is 0 Å². The van der Waals surface area contributed by atoms with Crippen LogP contribution in [0.25, 0.3) is 0 Å². The highest BCUT2D eigenvalue weighted by Crippen LogP contribution is 2.28. The maximum atomic E-state index is 12.4. The molecule has 0 aromatic carbocycles. The van der Waals surface area contributed by atoms with Gasteiger partial charge in [-0.1, -0.05) is 11.6 Å². The molecule has 2 rings (SSSR count). The molecule has 23 heavy (non-hydrogen) atoms. The first-order valence-electron chi connectivity index (χ1n) is 7.37. The molecule has 7 nitrogen and oxygen atoms in total. The topological polar surface area (TPSA) is 81.6 Å². The molecule has 0 fully saturated rings. The quantitative estimate of drug-likeness (QED) is 0.606. The highest BCUT2D eigenvalue weighted by atomic mass is 35.5. The van der Waals surface area contributed by atoms with Gasteiger partial charge in [0.1, 0.15) is 23.1 Å². The van der Waals surface area contributed by atoms with Crippen molar-refractivity contribution in [1.82, 2.24) is 14.9 Å². The molecule has 126 valence electrons. The van der Waals surface area contributed by atoms with Crippen LogP contribution in [0.1, 0.15) is 39.0 Å². The molecule has 0 saturated carbocycles. The molecule has 0 radical (unpaired) electrons. The summed E-state index contributed by atoms with van der Waals surface area (Å²) in [5, 5.41) is 0.285. The molecule has 8 heteroatoms. The van der Waals surface area contributed by atoms with E-state index in [4.69, 9.17) is 21.1 Å². The Balaban J connectivity index is 2.33. The Morgan fingerprint density at radius 3 is 2.70 bits per heavy atom. The molecular formula is C15H20ClN3O4. The zero-order valence-electron chi connectivity index (χ0n) is 13.6. The first kappa shape index (κ1) is 17.5. The van der Waals surface area contributed by atoms with Crippen molar-refractivity contribution in [3.05, 3.63) is 22.7 Å². The van der Waals surface area contributed by atoms with Crippen LogP contribution in [0, 0.1) is 0 Å². The number of nitrogens with zero attached hydrogens (tertiary/aromatic N) is 3. The van der Waals surface area contributed by atoms with Gasteiger partial charge in [0.05, 0.1) is 18.8 Å². The normalized spacial score (nSPS) is 17.4. The van der Waals surface area contributed by atoms with E-state index in [0.29, 0.717) is 11.3 Å². The van der Waals surface area contributed by atoms with Crippen LogP contribution in [-0.2, 0) is 27.2 Å². The molecular weight excluding hydrogens is 322 g/mol. The van der Waals surface area contributed by atoms with Gasteiger partial charge in [-0.05, 0) is 27.7 Å². The van der Waals surface area contributed by atoms with E-state index in [-0.39, 0.29) is 24.7 Å². The van der Waals surface area contributed by atoms with Crippen molar-refractivity contribution >= 4 is 23.7 Å². The number of carbonyl (C=O) groups excluding carboxylic acids is 2. The first-order chi connectivity index (χ1) is 10.7. The lowest BCUT2D eigenvalue weighted by atomic mass is 9.99. The summed E-state index contributed by atoms with van der Waals surface area (Å²) < 4.78 is 10.5. The van der Waals surface area contributed by atoms with Crippen LogP contribution in [0.4, 0.5) is 4.79 Å². The fourth-order valence-corrected chi connectivity index (χ4v) is 2.53. The molecule has 1 atom stereocenters. The van der Waals surface area contributed by atoms with Gasteiger partial charge in [0.15, 0.2) is 0 Å². The molecule has 0 bridgehead atoms. The van der Waals surface area contributed by atoms with Crippen molar-refractivity contribution in [2.75, 3.05) is 6.61 Å². The summed E-state index contributed by atoms with van der Waals surface area (Å²) in [7, 11) is 0. The minimum atomic E-state index is -0.805. The molecule has 0 spiro atoms. The standard InChI is InChI=1S/C15H20ClN3O4/c1-5-22-13(20)11-6-9-10(17-8-18-12(9)16)7-19(11)14(21)23-15(2,3)4/h8,11H,5-7H2,1-4H3. The van der Waals surface area contributed by atoms with Gasteiger partial charge in [0.25, 0.3) is 0 Å². The molecule has 0 N–H and O–H groups in total. The Labute approximate surface area is 139 Å². The SMILES string of the molecule is CCOC(=O)C1Cc2c(Cl)ncnc2CN1C(=O)OC(C)(C)C. The van der Waals surface area contributed by atoms with Crippen molar-refractivity contribution in [3.63, 3.8) is 0 Å². The molecule has 0 saturated heterocycles. The summed E-state index contributed by atoms with van der Waals surface area (Å²) >= 11 is 6.09. The lowest BCUT2D eigenvalue weighted by Crippen LogP contribution is -2.51. The van der Waals surface area contributed by atoms with E-state index in [1.807, 2.05) is 0 Å². The van der Waals surface area contributed by atoms with Gasteiger partial charge < -0.3 is 9.47 Å². The third-order valence-electron chi connectivity index (χ3n) is 3.26. The number of amides is 1. The number of ether oxygens (including phenoxy) is 2. The largest absolute Gasteiger partial charge is 0.464 e. The number of hydrogen-bond acceptors (Lipinski definition) is 6. The second-order valence-corrected chi connectivity index (χ2v) is 6.53. The molecule has 1 unspecified atom stereocenters. The zero-order chi connectivity index (χ0) is 17.2. The van der Waals surface area contributed by atoms with E-state index in [1.54, 1.807) is 27.7 Å². The third kappa shape index (κ3) is 4.10. The van der Waals surface area contributed by atoms with Crippen LogP contribution in [-0.4, -0.2) is 45.2 Å². The van der Waals surface area contributed by atoms with E-state index in [2.05, 4.69) is 9.97 Å². The number of rotatable bonds is 2. The maximum Gasteiger partial charge on any atom is 0.411 e. The van der Waals surface area contributed by atoms with Crippen molar-refractivity contribution in [2.45, 2.75) is 52.3 Å². The van der Waals surface area contributed by atoms with Crippen LogP contribution >= 0.6 is 11.6 Å².